The number of amides is 1. The predicted octanol–water partition coefficient (Wildman–Crippen LogP) is 1.77. The zero-order valence-corrected chi connectivity index (χ0v) is 10.7. The number of methoxy groups -OCH3 is 1. The second-order valence-electron chi connectivity index (χ2n) is 4.18. The third-order valence-electron chi connectivity index (χ3n) is 2.62. The summed E-state index contributed by atoms with van der Waals surface area (Å²) in [5.41, 5.74) is 0.990. The fourth-order valence-electron chi connectivity index (χ4n) is 1.52. The molecule has 1 amide bonds. The zero-order chi connectivity index (χ0) is 13.7. The summed E-state index contributed by atoms with van der Waals surface area (Å²) >= 11 is 0. The van der Waals surface area contributed by atoms with E-state index in [0.29, 0.717) is 17.8 Å². The van der Waals surface area contributed by atoms with Gasteiger partial charge in [0, 0.05) is 19.2 Å². The van der Waals surface area contributed by atoms with Crippen LogP contribution in [-0.4, -0.2) is 35.2 Å². The number of nitrogens with one attached hydrogen (secondary N) is 2. The molecule has 0 radical (unpaired) electrons. The number of ether oxygens (including phenoxy) is 1. The molecule has 0 aliphatic heterocycles. The van der Waals surface area contributed by atoms with E-state index in [1.165, 1.54) is 0 Å². The third-order valence-corrected chi connectivity index (χ3v) is 2.62. The van der Waals surface area contributed by atoms with Gasteiger partial charge in [-0.25, -0.2) is 4.79 Å². The summed E-state index contributed by atoms with van der Waals surface area (Å²) in [5, 5.41) is 11.5. The molecule has 0 aliphatic rings. The normalized spacial score (nSPS) is 12.2. The second-order valence-corrected chi connectivity index (χ2v) is 4.18. The van der Waals surface area contributed by atoms with Gasteiger partial charge in [-0.1, -0.05) is 0 Å². The van der Waals surface area contributed by atoms with Crippen LogP contribution in [0.15, 0.2) is 6.07 Å². The summed E-state index contributed by atoms with van der Waals surface area (Å²) in [6.07, 6.45) is 0.884. The molecule has 0 spiro atoms. The molecule has 1 heterocycles. The van der Waals surface area contributed by atoms with Gasteiger partial charge in [-0.15, -0.1) is 0 Å². The standard InChI is InChI=1S/C12H18N2O4/c1-7-6-9(11(13-7)12(16)17)14-10(15)5-4-8(2)18-3/h6,8,13H,4-5H2,1-3H3,(H,14,15)(H,16,17). The lowest BCUT2D eigenvalue weighted by Gasteiger charge is -2.09. The molecule has 1 aromatic rings. The average Bonchev–Trinajstić information content (AvgIpc) is 2.67. The Labute approximate surface area is 105 Å². The number of anilines is 1. The Hall–Kier alpha value is -1.82. The Morgan fingerprint density at radius 3 is 2.78 bits per heavy atom. The van der Waals surface area contributed by atoms with Gasteiger partial charge in [-0.3, -0.25) is 4.79 Å². The van der Waals surface area contributed by atoms with E-state index in [1.807, 2.05) is 6.92 Å². The Kier molecular flexibility index (Phi) is 4.91. The maximum absolute atomic E-state index is 11.6. The van der Waals surface area contributed by atoms with Crippen LogP contribution in [-0.2, 0) is 9.53 Å². The van der Waals surface area contributed by atoms with Gasteiger partial charge in [-0.05, 0) is 26.3 Å². The molecular formula is C12H18N2O4. The Balaban J connectivity index is 2.61. The number of aromatic nitrogens is 1. The Morgan fingerprint density at radius 1 is 1.56 bits per heavy atom. The van der Waals surface area contributed by atoms with Crippen LogP contribution in [0.2, 0.25) is 0 Å². The van der Waals surface area contributed by atoms with Crippen LogP contribution in [0.25, 0.3) is 0 Å². The second kappa shape index (κ2) is 6.20. The number of carbonyl (C=O) groups is 2. The van der Waals surface area contributed by atoms with Crippen molar-refractivity contribution < 1.29 is 19.4 Å². The SMILES string of the molecule is COC(C)CCC(=O)Nc1cc(C)[nH]c1C(=O)O. The number of aryl methyl sites for hydroxylation is 1. The molecule has 0 aromatic carbocycles. The minimum atomic E-state index is -1.09. The van der Waals surface area contributed by atoms with Crippen molar-refractivity contribution in [2.75, 3.05) is 12.4 Å². The van der Waals surface area contributed by atoms with Crippen molar-refractivity contribution >= 4 is 17.6 Å². The fraction of sp³-hybridized carbons (Fsp3) is 0.500. The number of aromatic carboxylic acids is 1. The van der Waals surface area contributed by atoms with Gasteiger partial charge in [0.2, 0.25) is 5.91 Å². The lowest BCUT2D eigenvalue weighted by atomic mass is 10.2. The van der Waals surface area contributed by atoms with Crippen molar-refractivity contribution in [3.63, 3.8) is 0 Å². The molecule has 0 fully saturated rings. The molecule has 6 heteroatoms. The van der Waals surface area contributed by atoms with Gasteiger partial charge < -0.3 is 20.1 Å². The predicted molar refractivity (Wildman–Crippen MR) is 66.8 cm³/mol. The molecule has 1 atom stereocenters. The van der Waals surface area contributed by atoms with Gasteiger partial charge in [-0.2, -0.15) is 0 Å². The van der Waals surface area contributed by atoms with Crippen molar-refractivity contribution in [3.8, 4) is 0 Å². The van der Waals surface area contributed by atoms with Crippen LogP contribution >= 0.6 is 0 Å². The summed E-state index contributed by atoms with van der Waals surface area (Å²) in [6, 6.07) is 1.60. The van der Waals surface area contributed by atoms with Gasteiger partial charge >= 0.3 is 5.97 Å². The van der Waals surface area contributed by atoms with Crippen molar-refractivity contribution in [1.29, 1.82) is 0 Å². The van der Waals surface area contributed by atoms with Gasteiger partial charge in [0.1, 0.15) is 5.69 Å². The van der Waals surface area contributed by atoms with Gasteiger partial charge in [0.25, 0.3) is 0 Å². The summed E-state index contributed by atoms with van der Waals surface area (Å²) < 4.78 is 5.04. The van der Waals surface area contributed by atoms with E-state index in [2.05, 4.69) is 10.3 Å². The van der Waals surface area contributed by atoms with Crippen molar-refractivity contribution in [3.05, 3.63) is 17.5 Å². The highest BCUT2D eigenvalue weighted by Gasteiger charge is 2.15. The number of carboxylic acid groups (broad SMARTS) is 1. The summed E-state index contributed by atoms with van der Waals surface area (Å²) in [4.78, 5) is 25.3. The molecule has 0 bridgehead atoms. The Bertz CT molecular complexity index is 439. The molecule has 0 saturated carbocycles. The van der Waals surface area contributed by atoms with Crippen LogP contribution in [0.3, 0.4) is 0 Å². The average molecular weight is 254 g/mol. The van der Waals surface area contributed by atoms with E-state index < -0.39 is 5.97 Å². The van der Waals surface area contributed by atoms with E-state index in [4.69, 9.17) is 9.84 Å². The number of hydrogen-bond acceptors (Lipinski definition) is 3. The number of carboxylic acids is 1. The molecule has 100 valence electrons. The first-order chi connectivity index (χ1) is 8.43. The molecule has 0 saturated heterocycles. The Morgan fingerprint density at radius 2 is 2.22 bits per heavy atom. The fourth-order valence-corrected chi connectivity index (χ4v) is 1.52. The van der Waals surface area contributed by atoms with Crippen LogP contribution < -0.4 is 5.32 Å². The number of H-pyrrole nitrogens is 1. The van der Waals surface area contributed by atoms with Crippen LogP contribution in [0.4, 0.5) is 5.69 Å². The number of carbonyl (C=O) groups excluding carboxylic acids is 1. The minimum absolute atomic E-state index is 0.000593. The highest BCUT2D eigenvalue weighted by atomic mass is 16.5. The smallest absolute Gasteiger partial charge is 0.354 e. The van der Waals surface area contributed by atoms with Crippen molar-refractivity contribution in [2.24, 2.45) is 0 Å². The first kappa shape index (κ1) is 14.2. The maximum Gasteiger partial charge on any atom is 0.354 e. The largest absolute Gasteiger partial charge is 0.477 e. The van der Waals surface area contributed by atoms with Crippen LogP contribution in [0.1, 0.15) is 35.9 Å². The molecule has 3 N–H and O–H groups in total. The van der Waals surface area contributed by atoms with Gasteiger partial charge in [0.15, 0.2) is 0 Å². The molecule has 1 aromatic heterocycles. The zero-order valence-electron chi connectivity index (χ0n) is 10.7. The molecule has 0 aliphatic carbocycles. The molecule has 1 rings (SSSR count). The van der Waals surface area contributed by atoms with Gasteiger partial charge in [0.05, 0.1) is 11.8 Å². The van der Waals surface area contributed by atoms with E-state index in [-0.39, 0.29) is 24.1 Å². The molecular weight excluding hydrogens is 236 g/mol. The first-order valence-corrected chi connectivity index (χ1v) is 5.69. The van der Waals surface area contributed by atoms with Crippen LogP contribution in [0.5, 0.6) is 0 Å². The van der Waals surface area contributed by atoms with E-state index in [1.54, 1.807) is 20.1 Å². The monoisotopic (exact) mass is 254 g/mol. The molecule has 6 nitrogen and oxygen atoms in total. The van der Waals surface area contributed by atoms with Crippen LogP contribution in [0, 0.1) is 6.92 Å². The lowest BCUT2D eigenvalue weighted by Crippen LogP contribution is -2.16. The number of hydrogen-bond donors (Lipinski definition) is 3. The molecule has 1 unspecified atom stereocenters. The minimum Gasteiger partial charge on any atom is -0.477 e. The quantitative estimate of drug-likeness (QED) is 0.721. The summed E-state index contributed by atoms with van der Waals surface area (Å²) in [5.74, 6) is -1.32. The first-order valence-electron chi connectivity index (χ1n) is 5.69. The van der Waals surface area contributed by atoms with E-state index in [0.717, 1.165) is 0 Å². The number of rotatable bonds is 6. The van der Waals surface area contributed by atoms with E-state index in [9.17, 15) is 9.59 Å². The van der Waals surface area contributed by atoms with Crippen molar-refractivity contribution in [2.45, 2.75) is 32.8 Å². The third kappa shape index (κ3) is 3.89. The van der Waals surface area contributed by atoms with E-state index >= 15 is 0 Å². The highest BCUT2D eigenvalue weighted by molar-refractivity contribution is 5.99. The number of aromatic amines is 1. The topological polar surface area (TPSA) is 91.4 Å². The lowest BCUT2D eigenvalue weighted by molar-refractivity contribution is -0.116. The van der Waals surface area contributed by atoms with Crippen molar-refractivity contribution in [1.82, 2.24) is 4.98 Å². The molecule has 18 heavy (non-hydrogen) atoms. The maximum atomic E-state index is 11.6. The summed E-state index contributed by atoms with van der Waals surface area (Å²) in [6.45, 7) is 3.60. The summed E-state index contributed by atoms with van der Waals surface area (Å²) in [7, 11) is 1.58. The highest BCUT2D eigenvalue weighted by Crippen LogP contribution is 2.17.